The van der Waals surface area contributed by atoms with E-state index in [-0.39, 0.29) is 0 Å². The van der Waals surface area contributed by atoms with Gasteiger partial charge in [-0.2, -0.15) is 5.26 Å². The number of hydrogen-bond acceptors (Lipinski definition) is 2. The highest BCUT2D eigenvalue weighted by molar-refractivity contribution is 7.09. The second-order valence-corrected chi connectivity index (χ2v) is 4.94. The summed E-state index contributed by atoms with van der Waals surface area (Å²) in [5.41, 5.74) is 1.83. The SMILES string of the molecule is N#Cc1ccc2ccn(Cc3cccs3)c2c1. The van der Waals surface area contributed by atoms with E-state index in [9.17, 15) is 0 Å². The van der Waals surface area contributed by atoms with E-state index in [0.29, 0.717) is 5.56 Å². The van der Waals surface area contributed by atoms with Crippen LogP contribution in [0.25, 0.3) is 10.9 Å². The molecule has 0 aliphatic heterocycles. The molecule has 0 atom stereocenters. The topological polar surface area (TPSA) is 28.7 Å². The number of fused-ring (bicyclic) bond motifs is 1. The van der Waals surface area contributed by atoms with Crippen molar-refractivity contribution in [1.82, 2.24) is 4.57 Å². The molecule has 0 aliphatic carbocycles. The molecule has 1 aromatic carbocycles. The van der Waals surface area contributed by atoms with Crippen molar-refractivity contribution in [3.05, 3.63) is 58.4 Å². The Kier molecular flexibility index (Phi) is 2.43. The van der Waals surface area contributed by atoms with Gasteiger partial charge in [0.05, 0.1) is 18.2 Å². The fourth-order valence-electron chi connectivity index (χ4n) is 1.96. The second kappa shape index (κ2) is 4.08. The van der Waals surface area contributed by atoms with Crippen molar-refractivity contribution in [1.29, 1.82) is 5.26 Å². The van der Waals surface area contributed by atoms with Crippen LogP contribution in [0, 0.1) is 11.3 Å². The summed E-state index contributed by atoms with van der Waals surface area (Å²) in [7, 11) is 0. The van der Waals surface area contributed by atoms with Crippen LogP contribution in [0.1, 0.15) is 10.4 Å². The van der Waals surface area contributed by atoms with Gasteiger partial charge in [-0.1, -0.05) is 12.1 Å². The lowest BCUT2D eigenvalue weighted by Crippen LogP contribution is -1.95. The van der Waals surface area contributed by atoms with Crippen LogP contribution in [0.2, 0.25) is 0 Å². The first-order valence-electron chi connectivity index (χ1n) is 5.38. The zero-order chi connectivity index (χ0) is 11.7. The van der Waals surface area contributed by atoms with Crippen molar-refractivity contribution in [2.75, 3.05) is 0 Å². The summed E-state index contributed by atoms with van der Waals surface area (Å²) in [5.74, 6) is 0. The maximum atomic E-state index is 8.92. The third kappa shape index (κ3) is 1.83. The summed E-state index contributed by atoms with van der Waals surface area (Å²) < 4.78 is 2.18. The molecule has 0 unspecified atom stereocenters. The second-order valence-electron chi connectivity index (χ2n) is 3.91. The van der Waals surface area contributed by atoms with E-state index in [1.807, 2.05) is 18.2 Å². The number of nitrogens with zero attached hydrogens (tertiary/aromatic N) is 2. The maximum Gasteiger partial charge on any atom is 0.0992 e. The Labute approximate surface area is 103 Å². The molecule has 0 spiro atoms. The number of aromatic nitrogens is 1. The number of nitriles is 1. The lowest BCUT2D eigenvalue weighted by Gasteiger charge is -2.03. The molecule has 3 heteroatoms. The summed E-state index contributed by atoms with van der Waals surface area (Å²) in [6.07, 6.45) is 2.07. The van der Waals surface area contributed by atoms with Crippen molar-refractivity contribution < 1.29 is 0 Å². The zero-order valence-electron chi connectivity index (χ0n) is 9.13. The monoisotopic (exact) mass is 238 g/mol. The van der Waals surface area contributed by atoms with Crippen molar-refractivity contribution in [2.24, 2.45) is 0 Å². The normalized spacial score (nSPS) is 10.5. The molecule has 3 rings (SSSR count). The van der Waals surface area contributed by atoms with Crippen LogP contribution in [0.15, 0.2) is 48.0 Å². The Bertz CT molecular complexity index is 687. The quantitative estimate of drug-likeness (QED) is 0.670. The van der Waals surface area contributed by atoms with Gasteiger partial charge < -0.3 is 4.57 Å². The van der Waals surface area contributed by atoms with E-state index in [2.05, 4.69) is 40.4 Å². The highest BCUT2D eigenvalue weighted by Gasteiger charge is 2.03. The Balaban J connectivity index is 2.08. The number of thiophene rings is 1. The summed E-state index contributed by atoms with van der Waals surface area (Å²) >= 11 is 1.75. The average molecular weight is 238 g/mol. The third-order valence-electron chi connectivity index (χ3n) is 2.81. The average Bonchev–Trinajstić information content (AvgIpc) is 2.99. The molecule has 2 heterocycles. The van der Waals surface area contributed by atoms with Gasteiger partial charge in [0, 0.05) is 16.6 Å². The predicted octanol–water partition coefficient (Wildman–Crippen LogP) is 3.62. The Morgan fingerprint density at radius 1 is 1.24 bits per heavy atom. The standard InChI is InChI=1S/C14H10N2S/c15-9-11-3-4-12-5-6-16(14(12)8-11)10-13-2-1-7-17-13/h1-8H,10H2. The number of hydrogen-bond donors (Lipinski definition) is 0. The van der Waals surface area contributed by atoms with Crippen LogP contribution in [0.5, 0.6) is 0 Å². The first-order chi connectivity index (χ1) is 8.36. The Hall–Kier alpha value is -2.05. The number of benzene rings is 1. The molecule has 3 aromatic rings. The van der Waals surface area contributed by atoms with Gasteiger partial charge in [0.2, 0.25) is 0 Å². The van der Waals surface area contributed by atoms with Crippen LogP contribution >= 0.6 is 11.3 Å². The lowest BCUT2D eigenvalue weighted by atomic mass is 10.2. The molecule has 0 saturated heterocycles. The summed E-state index contributed by atoms with van der Waals surface area (Å²) in [6, 6.07) is 14.3. The predicted molar refractivity (Wildman–Crippen MR) is 70.1 cm³/mol. The van der Waals surface area contributed by atoms with Gasteiger partial charge in [0.15, 0.2) is 0 Å². The van der Waals surface area contributed by atoms with Crippen LogP contribution < -0.4 is 0 Å². The first-order valence-corrected chi connectivity index (χ1v) is 6.26. The molecule has 17 heavy (non-hydrogen) atoms. The van der Waals surface area contributed by atoms with E-state index in [1.54, 1.807) is 11.3 Å². The molecule has 0 bridgehead atoms. The maximum absolute atomic E-state index is 8.92. The van der Waals surface area contributed by atoms with Gasteiger partial charge >= 0.3 is 0 Å². The van der Waals surface area contributed by atoms with Gasteiger partial charge in [-0.25, -0.2) is 0 Å². The minimum absolute atomic E-state index is 0.712. The molecular weight excluding hydrogens is 228 g/mol. The van der Waals surface area contributed by atoms with E-state index in [1.165, 1.54) is 10.3 Å². The minimum Gasteiger partial charge on any atom is -0.342 e. The fourth-order valence-corrected chi connectivity index (χ4v) is 2.66. The largest absolute Gasteiger partial charge is 0.342 e. The number of rotatable bonds is 2. The molecule has 0 amide bonds. The molecule has 0 radical (unpaired) electrons. The van der Waals surface area contributed by atoms with Gasteiger partial charge in [-0.05, 0) is 35.0 Å². The summed E-state index contributed by atoms with van der Waals surface area (Å²) in [4.78, 5) is 1.32. The smallest absolute Gasteiger partial charge is 0.0992 e. The molecule has 0 N–H and O–H groups in total. The van der Waals surface area contributed by atoms with E-state index < -0.39 is 0 Å². The van der Waals surface area contributed by atoms with Crippen LogP contribution in [-0.4, -0.2) is 4.57 Å². The fraction of sp³-hybridized carbons (Fsp3) is 0.0714. The van der Waals surface area contributed by atoms with E-state index in [4.69, 9.17) is 5.26 Å². The molecule has 2 aromatic heterocycles. The summed E-state index contributed by atoms with van der Waals surface area (Å²) in [6.45, 7) is 0.871. The summed E-state index contributed by atoms with van der Waals surface area (Å²) in [5, 5.41) is 12.2. The van der Waals surface area contributed by atoms with E-state index >= 15 is 0 Å². The van der Waals surface area contributed by atoms with Gasteiger partial charge in [0.1, 0.15) is 0 Å². The molecule has 82 valence electrons. The van der Waals surface area contributed by atoms with Crippen molar-refractivity contribution in [2.45, 2.75) is 6.54 Å². The molecule has 0 saturated carbocycles. The van der Waals surface area contributed by atoms with Gasteiger partial charge in [0.25, 0.3) is 0 Å². The third-order valence-corrected chi connectivity index (χ3v) is 3.67. The first kappa shape index (κ1) is 10.1. The highest BCUT2D eigenvalue weighted by atomic mass is 32.1. The van der Waals surface area contributed by atoms with Crippen LogP contribution in [0.3, 0.4) is 0 Å². The van der Waals surface area contributed by atoms with Crippen molar-refractivity contribution >= 4 is 22.2 Å². The zero-order valence-corrected chi connectivity index (χ0v) is 9.95. The van der Waals surface area contributed by atoms with Crippen LogP contribution in [-0.2, 0) is 6.54 Å². The minimum atomic E-state index is 0.712. The molecule has 0 fully saturated rings. The molecule has 0 aliphatic rings. The lowest BCUT2D eigenvalue weighted by molar-refractivity contribution is 0.851. The van der Waals surface area contributed by atoms with E-state index in [0.717, 1.165) is 12.1 Å². The van der Waals surface area contributed by atoms with Crippen molar-refractivity contribution in [3.63, 3.8) is 0 Å². The molecular formula is C14H10N2S. The highest BCUT2D eigenvalue weighted by Crippen LogP contribution is 2.20. The van der Waals surface area contributed by atoms with Crippen molar-refractivity contribution in [3.8, 4) is 6.07 Å². The van der Waals surface area contributed by atoms with Crippen LogP contribution in [0.4, 0.5) is 0 Å². The van der Waals surface area contributed by atoms with Gasteiger partial charge in [-0.3, -0.25) is 0 Å². The Morgan fingerprint density at radius 3 is 2.94 bits per heavy atom. The van der Waals surface area contributed by atoms with Gasteiger partial charge in [-0.15, -0.1) is 11.3 Å². The Morgan fingerprint density at radius 2 is 2.18 bits per heavy atom. The molecule has 2 nitrogen and oxygen atoms in total.